The van der Waals surface area contributed by atoms with Crippen LogP contribution in [0.15, 0.2) is 41.3 Å². The van der Waals surface area contributed by atoms with Crippen LogP contribution < -0.4 is 10.0 Å². The Balaban J connectivity index is 1.85. The van der Waals surface area contributed by atoms with Crippen molar-refractivity contribution in [3.8, 4) is 0 Å². The van der Waals surface area contributed by atoms with Crippen molar-refractivity contribution in [1.82, 2.24) is 4.90 Å². The second-order valence-electron chi connectivity index (χ2n) is 8.57. The number of benzene rings is 2. The fraction of sp³-hybridized carbons (Fsp3) is 0.480. The average Bonchev–Trinajstić information content (AvgIpc) is 2.79. The zero-order valence-electron chi connectivity index (χ0n) is 19.7. The molecule has 2 aromatic carbocycles. The molecule has 2 aromatic rings. The van der Waals surface area contributed by atoms with Gasteiger partial charge in [0.25, 0.3) is 10.0 Å². The smallest absolute Gasteiger partial charge is 0.338 e. The van der Waals surface area contributed by atoms with Gasteiger partial charge in [0.15, 0.2) is 0 Å². The van der Waals surface area contributed by atoms with E-state index in [0.29, 0.717) is 12.2 Å². The van der Waals surface area contributed by atoms with Crippen LogP contribution in [0.1, 0.15) is 67.4 Å². The van der Waals surface area contributed by atoms with Gasteiger partial charge in [0, 0.05) is 6.54 Å². The lowest BCUT2D eigenvalue weighted by molar-refractivity contribution is 0.0696. The average molecular weight is 474 g/mol. The number of aryl methyl sites for hydroxylation is 1. The molecule has 0 heterocycles. The summed E-state index contributed by atoms with van der Waals surface area (Å²) >= 11 is 0. The van der Waals surface area contributed by atoms with Gasteiger partial charge >= 0.3 is 5.97 Å². The highest BCUT2D eigenvalue weighted by Crippen LogP contribution is 2.38. The Morgan fingerprint density at radius 1 is 1.12 bits per heavy atom. The second kappa shape index (κ2) is 11.0. The van der Waals surface area contributed by atoms with Gasteiger partial charge in [-0.15, -0.1) is 0 Å². The highest BCUT2D eigenvalue weighted by atomic mass is 32.2. The maximum Gasteiger partial charge on any atom is 0.338 e. The lowest BCUT2D eigenvalue weighted by atomic mass is 9.80. The Kier molecular flexibility index (Phi) is 8.37. The number of fused-ring (bicyclic) bond motifs is 1. The fourth-order valence-corrected chi connectivity index (χ4v) is 5.87. The number of carboxylic acids is 1. The van der Waals surface area contributed by atoms with Crippen LogP contribution >= 0.6 is 0 Å². The molecular weight excluding hydrogens is 438 g/mol. The van der Waals surface area contributed by atoms with Crippen LogP contribution in [-0.4, -0.2) is 50.6 Å². The van der Waals surface area contributed by atoms with Crippen LogP contribution in [-0.2, 0) is 16.4 Å². The van der Waals surface area contributed by atoms with Crippen molar-refractivity contribution in [1.29, 1.82) is 0 Å². The van der Waals surface area contributed by atoms with Gasteiger partial charge in [0.2, 0.25) is 0 Å². The molecule has 0 fully saturated rings. The van der Waals surface area contributed by atoms with Gasteiger partial charge in [-0.3, -0.25) is 4.72 Å². The van der Waals surface area contributed by atoms with E-state index in [2.05, 4.69) is 28.8 Å². The minimum absolute atomic E-state index is 0.0629. The minimum Gasteiger partial charge on any atom is -0.478 e. The summed E-state index contributed by atoms with van der Waals surface area (Å²) < 4.78 is 29.2. The maximum atomic E-state index is 13.3. The molecule has 0 saturated carbocycles. The van der Waals surface area contributed by atoms with Crippen molar-refractivity contribution in [3.05, 3.63) is 53.1 Å². The van der Waals surface area contributed by atoms with Crippen LogP contribution in [0.2, 0.25) is 0 Å². The molecular formula is C25H35N3O4S. The highest BCUT2D eigenvalue weighted by molar-refractivity contribution is 7.92. The van der Waals surface area contributed by atoms with E-state index in [1.54, 1.807) is 24.3 Å². The molecule has 8 heteroatoms. The van der Waals surface area contributed by atoms with E-state index in [4.69, 9.17) is 0 Å². The van der Waals surface area contributed by atoms with E-state index in [1.807, 2.05) is 13.0 Å². The summed E-state index contributed by atoms with van der Waals surface area (Å²) in [6.45, 7) is 9.78. The molecule has 3 N–H and O–H groups in total. The number of carboxylic acid groups (broad SMARTS) is 1. The van der Waals surface area contributed by atoms with Crippen molar-refractivity contribution < 1.29 is 18.3 Å². The molecule has 0 radical (unpaired) electrons. The molecule has 0 spiro atoms. The number of rotatable bonds is 11. The first-order valence-corrected chi connectivity index (χ1v) is 13.2. The topological polar surface area (TPSA) is 98.7 Å². The molecule has 0 amide bonds. The van der Waals surface area contributed by atoms with E-state index in [1.165, 1.54) is 6.07 Å². The van der Waals surface area contributed by atoms with Crippen LogP contribution in [0, 0.1) is 0 Å². The SMILES string of the molecule is CCN(CC)CCCNc1ccccc1S(=O)(=O)Nc1ccc2c(c1C(=O)O)[C@H](C)CCC2. The Bertz CT molecular complexity index is 1080. The molecule has 1 aliphatic carbocycles. The number of hydrogen-bond acceptors (Lipinski definition) is 5. The maximum absolute atomic E-state index is 13.3. The molecule has 33 heavy (non-hydrogen) atoms. The van der Waals surface area contributed by atoms with Crippen LogP contribution in [0.3, 0.4) is 0 Å². The van der Waals surface area contributed by atoms with Crippen molar-refractivity contribution in [2.45, 2.75) is 57.3 Å². The molecule has 0 saturated heterocycles. The van der Waals surface area contributed by atoms with Gasteiger partial charge in [0.1, 0.15) is 4.90 Å². The number of hydrogen-bond donors (Lipinski definition) is 3. The van der Waals surface area contributed by atoms with E-state index in [9.17, 15) is 18.3 Å². The normalized spacial score (nSPS) is 15.8. The summed E-state index contributed by atoms with van der Waals surface area (Å²) in [4.78, 5) is 14.6. The third-order valence-corrected chi connectivity index (χ3v) is 7.83. The number of carbonyl (C=O) groups is 1. The minimum atomic E-state index is -3.99. The zero-order chi connectivity index (χ0) is 24.0. The highest BCUT2D eigenvalue weighted by Gasteiger charge is 2.28. The van der Waals surface area contributed by atoms with Crippen molar-refractivity contribution in [2.24, 2.45) is 0 Å². The molecule has 0 bridgehead atoms. The van der Waals surface area contributed by atoms with E-state index >= 15 is 0 Å². The molecule has 7 nitrogen and oxygen atoms in total. The lowest BCUT2D eigenvalue weighted by Crippen LogP contribution is -2.25. The van der Waals surface area contributed by atoms with E-state index in [-0.39, 0.29) is 22.1 Å². The molecule has 0 aliphatic heterocycles. The standard InChI is InChI=1S/C25H35N3O4S/c1-4-28(5-2)17-9-16-26-20-12-6-7-13-22(20)33(31,32)27-21-15-14-19-11-8-10-18(3)23(19)24(21)25(29)30/h6-7,12-15,18,26-27H,4-5,8-11,16-17H2,1-3H3,(H,29,30)/t18-/m1/s1. The first kappa shape index (κ1) is 25.1. The number of nitrogens with one attached hydrogen (secondary N) is 2. The zero-order valence-corrected chi connectivity index (χ0v) is 20.5. The molecule has 1 aliphatic rings. The second-order valence-corrected chi connectivity index (χ2v) is 10.2. The predicted octanol–water partition coefficient (Wildman–Crippen LogP) is 4.77. The first-order valence-electron chi connectivity index (χ1n) is 11.8. The van der Waals surface area contributed by atoms with Crippen LogP contribution in [0.5, 0.6) is 0 Å². The molecule has 180 valence electrons. The van der Waals surface area contributed by atoms with Crippen molar-refractivity contribution in [2.75, 3.05) is 36.2 Å². The Morgan fingerprint density at radius 3 is 2.55 bits per heavy atom. The van der Waals surface area contributed by atoms with Crippen molar-refractivity contribution >= 4 is 27.4 Å². The third-order valence-electron chi connectivity index (χ3n) is 6.41. The molecule has 3 rings (SSSR count). The Hall–Kier alpha value is -2.58. The van der Waals surface area contributed by atoms with Crippen LogP contribution in [0.25, 0.3) is 0 Å². The quantitative estimate of drug-likeness (QED) is 0.407. The number of nitrogens with zero attached hydrogens (tertiary/aromatic N) is 1. The number of para-hydroxylation sites is 1. The molecule has 0 aromatic heterocycles. The largest absolute Gasteiger partial charge is 0.478 e. The van der Waals surface area contributed by atoms with E-state index in [0.717, 1.165) is 56.4 Å². The van der Waals surface area contributed by atoms with E-state index < -0.39 is 16.0 Å². The number of sulfonamides is 1. The van der Waals surface area contributed by atoms with Gasteiger partial charge in [-0.2, -0.15) is 0 Å². The van der Waals surface area contributed by atoms with Gasteiger partial charge in [-0.05, 0) is 80.6 Å². The first-order chi connectivity index (χ1) is 15.8. The third kappa shape index (κ3) is 5.86. The lowest BCUT2D eigenvalue weighted by Gasteiger charge is -2.26. The van der Waals surface area contributed by atoms with Crippen molar-refractivity contribution in [3.63, 3.8) is 0 Å². The van der Waals surface area contributed by atoms with Gasteiger partial charge < -0.3 is 15.3 Å². The molecule has 1 atom stereocenters. The summed E-state index contributed by atoms with van der Waals surface area (Å²) in [5, 5.41) is 13.2. The molecule has 0 unspecified atom stereocenters. The summed E-state index contributed by atoms with van der Waals surface area (Å²) in [5.41, 5.74) is 2.42. The van der Waals surface area contributed by atoms with Gasteiger partial charge in [0.05, 0.1) is 16.9 Å². The number of anilines is 2. The predicted molar refractivity (Wildman–Crippen MR) is 133 cm³/mol. The summed E-state index contributed by atoms with van der Waals surface area (Å²) in [7, 11) is -3.99. The Labute approximate surface area is 197 Å². The summed E-state index contributed by atoms with van der Waals surface area (Å²) in [6.07, 6.45) is 3.60. The van der Waals surface area contributed by atoms with Gasteiger partial charge in [-0.25, -0.2) is 13.2 Å². The Morgan fingerprint density at radius 2 is 1.85 bits per heavy atom. The van der Waals surface area contributed by atoms with Gasteiger partial charge in [-0.1, -0.05) is 39.0 Å². The summed E-state index contributed by atoms with van der Waals surface area (Å²) in [5.74, 6) is -1.04. The summed E-state index contributed by atoms with van der Waals surface area (Å²) in [6, 6.07) is 10.2. The fourth-order valence-electron chi connectivity index (χ4n) is 4.61. The monoisotopic (exact) mass is 473 g/mol. The number of aromatic carboxylic acids is 1. The van der Waals surface area contributed by atoms with Crippen LogP contribution in [0.4, 0.5) is 11.4 Å².